The van der Waals surface area contributed by atoms with Crippen LogP contribution in [0.4, 0.5) is 0 Å². The first kappa shape index (κ1) is 20.9. The van der Waals surface area contributed by atoms with E-state index in [0.29, 0.717) is 24.6 Å². The van der Waals surface area contributed by atoms with Crippen molar-refractivity contribution in [3.05, 3.63) is 35.4 Å². The summed E-state index contributed by atoms with van der Waals surface area (Å²) in [5.41, 5.74) is 13.0. The van der Waals surface area contributed by atoms with Crippen LogP contribution in [0.15, 0.2) is 24.3 Å². The number of nitriles is 1. The maximum absolute atomic E-state index is 13.2. The number of primary amides is 1. The van der Waals surface area contributed by atoms with Gasteiger partial charge in [-0.1, -0.05) is 12.1 Å². The largest absolute Gasteiger partial charge is 0.366 e. The third-order valence-corrected chi connectivity index (χ3v) is 7.67. The van der Waals surface area contributed by atoms with Gasteiger partial charge in [-0.2, -0.15) is 5.26 Å². The number of hydrogen-bond acceptors (Lipinski definition) is 6. The predicted molar refractivity (Wildman–Crippen MR) is 115 cm³/mol. The fourth-order valence-electron chi connectivity index (χ4n) is 5.90. The van der Waals surface area contributed by atoms with E-state index in [2.05, 4.69) is 6.07 Å². The first-order valence-electron chi connectivity index (χ1n) is 11.2. The molecule has 4 N–H and O–H groups in total. The van der Waals surface area contributed by atoms with Crippen molar-refractivity contribution in [3.63, 3.8) is 0 Å². The van der Waals surface area contributed by atoms with Crippen LogP contribution in [0.3, 0.4) is 0 Å². The molecule has 3 heterocycles. The molecule has 7 atom stereocenters. The highest BCUT2D eigenvalue weighted by Gasteiger charge is 2.56. The normalized spacial score (nSPS) is 32.5. The molecule has 4 fully saturated rings. The lowest BCUT2D eigenvalue weighted by atomic mass is 10.0. The number of amides is 3. The van der Waals surface area contributed by atoms with Gasteiger partial charge in [-0.25, -0.2) is 0 Å². The van der Waals surface area contributed by atoms with Crippen LogP contribution >= 0.6 is 0 Å². The van der Waals surface area contributed by atoms with Gasteiger partial charge in [0.15, 0.2) is 0 Å². The third kappa shape index (κ3) is 3.26. The Bertz CT molecular complexity index is 1000. The van der Waals surface area contributed by atoms with Gasteiger partial charge < -0.3 is 21.3 Å². The molecule has 5 rings (SSSR count). The van der Waals surface area contributed by atoms with Gasteiger partial charge in [0.05, 0.1) is 24.2 Å². The molecule has 2 bridgehead atoms. The zero-order valence-corrected chi connectivity index (χ0v) is 18.1. The van der Waals surface area contributed by atoms with E-state index >= 15 is 0 Å². The van der Waals surface area contributed by atoms with Crippen molar-refractivity contribution in [3.8, 4) is 6.07 Å². The molecule has 3 aliphatic heterocycles. The number of benzene rings is 1. The molecule has 4 unspecified atom stereocenters. The van der Waals surface area contributed by atoms with E-state index in [1.165, 1.54) is 0 Å². The number of nitrogens with two attached hydrogens (primary N) is 2. The number of hydrogen-bond donors (Lipinski definition) is 2. The molecule has 1 aromatic carbocycles. The fourth-order valence-corrected chi connectivity index (χ4v) is 5.90. The van der Waals surface area contributed by atoms with Gasteiger partial charge >= 0.3 is 0 Å². The average molecular weight is 437 g/mol. The zero-order valence-electron chi connectivity index (χ0n) is 18.1. The van der Waals surface area contributed by atoms with Crippen molar-refractivity contribution >= 4 is 17.7 Å². The van der Waals surface area contributed by atoms with E-state index in [0.717, 1.165) is 24.8 Å². The topological polar surface area (TPSA) is 137 Å². The molecule has 0 aromatic heterocycles. The Hall–Kier alpha value is -2.96. The van der Waals surface area contributed by atoms with Crippen LogP contribution < -0.4 is 11.5 Å². The molecule has 3 amide bonds. The summed E-state index contributed by atoms with van der Waals surface area (Å²) in [5.74, 6) is -0.149. The molecular formula is C23H28N6O3. The highest BCUT2D eigenvalue weighted by molar-refractivity contribution is 5.92. The second-order valence-electron chi connectivity index (χ2n) is 9.56. The van der Waals surface area contributed by atoms with Crippen molar-refractivity contribution in [1.29, 1.82) is 5.26 Å². The monoisotopic (exact) mass is 436 g/mol. The lowest BCUT2D eigenvalue weighted by Crippen LogP contribution is -2.57. The van der Waals surface area contributed by atoms with Crippen LogP contribution in [0.5, 0.6) is 0 Å². The Morgan fingerprint density at radius 3 is 2.56 bits per heavy atom. The summed E-state index contributed by atoms with van der Waals surface area (Å²) in [4.78, 5) is 43.0. The van der Waals surface area contributed by atoms with E-state index in [-0.39, 0.29) is 42.0 Å². The van der Waals surface area contributed by atoms with Crippen molar-refractivity contribution in [2.24, 2.45) is 17.4 Å². The van der Waals surface area contributed by atoms with E-state index < -0.39 is 11.9 Å². The van der Waals surface area contributed by atoms with Gasteiger partial charge in [-0.05, 0) is 49.8 Å². The van der Waals surface area contributed by atoms with E-state index in [9.17, 15) is 19.6 Å². The maximum Gasteiger partial charge on any atom is 0.248 e. The predicted octanol–water partition coefficient (Wildman–Crippen LogP) is -0.0281. The van der Waals surface area contributed by atoms with Crippen LogP contribution in [0.25, 0.3) is 0 Å². The minimum atomic E-state index is -0.732. The van der Waals surface area contributed by atoms with Gasteiger partial charge in [0.25, 0.3) is 0 Å². The molecule has 3 saturated heterocycles. The SMILES string of the molecule is CC(c1ccc(C(N)=O)cc1)N1C(=O)[C@@H]2CC1CN2CC(N)C(=O)N1C(C#N)C[C@@H]2C[C@@H]21. The number of carbonyl (C=O) groups excluding carboxylic acids is 3. The van der Waals surface area contributed by atoms with Gasteiger partial charge in [-0.15, -0.1) is 0 Å². The van der Waals surface area contributed by atoms with Crippen molar-refractivity contribution < 1.29 is 14.4 Å². The Labute approximate surface area is 186 Å². The van der Waals surface area contributed by atoms with Crippen molar-refractivity contribution in [1.82, 2.24) is 14.7 Å². The number of piperazine rings is 1. The summed E-state index contributed by atoms with van der Waals surface area (Å²) in [6.07, 6.45) is 2.44. The Morgan fingerprint density at radius 1 is 1.22 bits per heavy atom. The molecule has 0 spiro atoms. The second kappa shape index (κ2) is 7.57. The molecule has 32 heavy (non-hydrogen) atoms. The quantitative estimate of drug-likeness (QED) is 0.643. The van der Waals surface area contributed by atoms with Gasteiger partial charge in [-0.3, -0.25) is 19.3 Å². The van der Waals surface area contributed by atoms with Gasteiger partial charge in [0.2, 0.25) is 17.7 Å². The molecule has 1 aliphatic carbocycles. The second-order valence-corrected chi connectivity index (χ2v) is 9.56. The maximum atomic E-state index is 13.2. The number of nitrogens with zero attached hydrogens (tertiary/aromatic N) is 4. The molecular weight excluding hydrogens is 408 g/mol. The average Bonchev–Trinajstić information content (AvgIpc) is 3.11. The van der Waals surface area contributed by atoms with Gasteiger partial charge in [0.1, 0.15) is 6.04 Å². The lowest BCUT2D eigenvalue weighted by Gasteiger charge is -2.38. The summed E-state index contributed by atoms with van der Waals surface area (Å²) in [7, 11) is 0. The lowest BCUT2D eigenvalue weighted by molar-refractivity contribution is -0.141. The number of carbonyl (C=O) groups is 3. The number of rotatable bonds is 6. The summed E-state index contributed by atoms with van der Waals surface area (Å²) < 4.78 is 0. The first-order valence-corrected chi connectivity index (χ1v) is 11.2. The third-order valence-electron chi connectivity index (χ3n) is 7.67. The van der Waals surface area contributed by atoms with E-state index in [4.69, 9.17) is 11.5 Å². The van der Waals surface area contributed by atoms with E-state index in [1.54, 1.807) is 17.0 Å². The number of likely N-dealkylation sites (tertiary alicyclic amines) is 3. The number of piperidine rings is 1. The van der Waals surface area contributed by atoms with Crippen LogP contribution in [0.2, 0.25) is 0 Å². The highest BCUT2D eigenvalue weighted by Crippen LogP contribution is 2.48. The molecule has 9 heteroatoms. The number of fused-ring (bicyclic) bond motifs is 3. The molecule has 1 aromatic rings. The summed E-state index contributed by atoms with van der Waals surface area (Å²) >= 11 is 0. The molecule has 0 radical (unpaired) electrons. The highest BCUT2D eigenvalue weighted by atomic mass is 16.2. The summed E-state index contributed by atoms with van der Waals surface area (Å²) in [6, 6.07) is 8.01. The van der Waals surface area contributed by atoms with E-state index in [1.807, 2.05) is 28.9 Å². The van der Waals surface area contributed by atoms with Crippen LogP contribution in [0.1, 0.15) is 48.1 Å². The fraction of sp³-hybridized carbons (Fsp3) is 0.565. The summed E-state index contributed by atoms with van der Waals surface area (Å²) in [5, 5.41) is 9.36. The molecule has 9 nitrogen and oxygen atoms in total. The first-order chi connectivity index (χ1) is 15.3. The molecule has 4 aliphatic rings. The Kier molecular flexibility index (Phi) is 4.95. The van der Waals surface area contributed by atoms with Crippen LogP contribution in [0, 0.1) is 17.2 Å². The smallest absolute Gasteiger partial charge is 0.248 e. The van der Waals surface area contributed by atoms with Crippen LogP contribution in [-0.4, -0.2) is 75.7 Å². The minimum absolute atomic E-state index is 0.0470. The minimum Gasteiger partial charge on any atom is -0.366 e. The standard InChI is InChI=1S/C23H28N6O3/c1-12(13-2-4-14(5-3-13)21(26)30)28-17-8-20(23(28)32)27(10-17)11-18(25)22(31)29-16(9-24)6-15-7-19(15)29/h2-5,12,15-20H,6-8,10-11,25H2,1H3,(H2,26,30)/t12?,15-,16?,17?,18?,19+,20+/m1/s1. The Morgan fingerprint density at radius 2 is 1.94 bits per heavy atom. The van der Waals surface area contributed by atoms with Crippen molar-refractivity contribution in [2.45, 2.75) is 62.4 Å². The van der Waals surface area contributed by atoms with Crippen molar-refractivity contribution in [2.75, 3.05) is 13.1 Å². The summed E-state index contributed by atoms with van der Waals surface area (Å²) in [6.45, 7) is 2.99. The molecule has 168 valence electrons. The van der Waals surface area contributed by atoms with Crippen LogP contribution in [-0.2, 0) is 9.59 Å². The Balaban J connectivity index is 1.22. The molecule has 1 saturated carbocycles. The van der Waals surface area contributed by atoms with Gasteiger partial charge in [0, 0.05) is 30.7 Å². The zero-order chi connectivity index (χ0) is 22.7.